The van der Waals surface area contributed by atoms with E-state index in [4.69, 9.17) is 4.74 Å². The summed E-state index contributed by atoms with van der Waals surface area (Å²) >= 11 is 1.38. The lowest BCUT2D eigenvalue weighted by Crippen LogP contribution is -2.33. The maximum atomic E-state index is 12.6. The van der Waals surface area contributed by atoms with Crippen molar-refractivity contribution in [3.63, 3.8) is 0 Å². The Labute approximate surface area is 200 Å². The second kappa shape index (κ2) is 12.4. The zero-order valence-electron chi connectivity index (χ0n) is 19.8. The van der Waals surface area contributed by atoms with Gasteiger partial charge in [0, 0.05) is 29.7 Å². The highest BCUT2D eigenvalue weighted by Gasteiger charge is 2.18. The van der Waals surface area contributed by atoms with E-state index in [2.05, 4.69) is 41.3 Å². The molecule has 1 N–H and O–H groups in total. The first-order valence-corrected chi connectivity index (χ1v) is 12.5. The molecular formula is C25H33N5O2S. The largest absolute Gasteiger partial charge is 0.494 e. The second-order valence-electron chi connectivity index (χ2n) is 8.39. The average molecular weight is 468 g/mol. The van der Waals surface area contributed by atoms with Crippen LogP contribution in [0.3, 0.4) is 0 Å². The van der Waals surface area contributed by atoms with Gasteiger partial charge in [-0.3, -0.25) is 14.3 Å². The Morgan fingerprint density at radius 2 is 1.79 bits per heavy atom. The Bertz CT molecular complexity index is 1010. The molecule has 0 saturated heterocycles. The van der Waals surface area contributed by atoms with E-state index < -0.39 is 0 Å². The van der Waals surface area contributed by atoms with E-state index in [9.17, 15) is 4.79 Å². The van der Waals surface area contributed by atoms with Gasteiger partial charge in [-0.05, 0) is 62.6 Å². The van der Waals surface area contributed by atoms with Crippen molar-refractivity contribution in [1.29, 1.82) is 0 Å². The van der Waals surface area contributed by atoms with E-state index in [0.29, 0.717) is 23.5 Å². The van der Waals surface area contributed by atoms with Gasteiger partial charge in [0.2, 0.25) is 5.91 Å². The first kappa shape index (κ1) is 24.8. The highest BCUT2D eigenvalue weighted by molar-refractivity contribution is 7.99. The van der Waals surface area contributed by atoms with E-state index >= 15 is 0 Å². The number of hydrogen-bond donors (Lipinski definition) is 1. The SMILES string of the molecule is CCOc1ccc(-n2c(SCC(=O)N[C@@H](C)CCCC(C)C)nnc2-c2ccncc2)cc1. The molecule has 0 bridgehead atoms. The fourth-order valence-corrected chi connectivity index (χ4v) is 4.26. The molecule has 0 radical (unpaired) electrons. The monoisotopic (exact) mass is 467 g/mol. The second-order valence-corrected chi connectivity index (χ2v) is 9.33. The molecule has 0 unspecified atom stereocenters. The highest BCUT2D eigenvalue weighted by Crippen LogP contribution is 2.28. The Hall–Kier alpha value is -2.87. The van der Waals surface area contributed by atoms with E-state index in [0.717, 1.165) is 29.8 Å². The van der Waals surface area contributed by atoms with Gasteiger partial charge in [0.25, 0.3) is 0 Å². The molecule has 33 heavy (non-hydrogen) atoms. The van der Waals surface area contributed by atoms with Crippen LogP contribution in [-0.2, 0) is 4.79 Å². The van der Waals surface area contributed by atoms with Crippen molar-refractivity contribution in [3.8, 4) is 22.8 Å². The fourth-order valence-electron chi connectivity index (χ4n) is 3.49. The van der Waals surface area contributed by atoms with Crippen LogP contribution in [0.1, 0.15) is 47.0 Å². The van der Waals surface area contributed by atoms with Crippen LogP contribution in [0.15, 0.2) is 53.9 Å². The molecule has 1 atom stereocenters. The fraction of sp³-hybridized carbons (Fsp3) is 0.440. The Kier molecular flexibility index (Phi) is 9.30. The molecule has 3 aromatic rings. The van der Waals surface area contributed by atoms with Crippen LogP contribution in [0, 0.1) is 5.92 Å². The van der Waals surface area contributed by atoms with Crippen molar-refractivity contribution in [2.24, 2.45) is 5.92 Å². The van der Waals surface area contributed by atoms with Crippen molar-refractivity contribution in [1.82, 2.24) is 25.1 Å². The van der Waals surface area contributed by atoms with Gasteiger partial charge in [-0.25, -0.2) is 0 Å². The quantitative estimate of drug-likeness (QED) is 0.371. The third-order valence-corrected chi connectivity index (χ3v) is 6.07. The lowest BCUT2D eigenvalue weighted by atomic mass is 10.0. The topological polar surface area (TPSA) is 81.9 Å². The number of carbonyl (C=O) groups excluding carboxylic acids is 1. The minimum atomic E-state index is 0.00347. The molecule has 8 heteroatoms. The maximum Gasteiger partial charge on any atom is 0.230 e. The third kappa shape index (κ3) is 7.32. The van der Waals surface area contributed by atoms with Gasteiger partial charge in [0.15, 0.2) is 11.0 Å². The van der Waals surface area contributed by atoms with Crippen LogP contribution in [0.5, 0.6) is 5.75 Å². The molecule has 1 aromatic carbocycles. The summed E-state index contributed by atoms with van der Waals surface area (Å²) in [6.45, 7) is 9.08. The number of pyridine rings is 1. The zero-order chi connectivity index (χ0) is 23.6. The smallest absolute Gasteiger partial charge is 0.230 e. The van der Waals surface area contributed by atoms with E-state index in [-0.39, 0.29) is 17.7 Å². The minimum absolute atomic E-state index is 0.00347. The van der Waals surface area contributed by atoms with Crippen molar-refractivity contribution in [2.75, 3.05) is 12.4 Å². The number of thioether (sulfide) groups is 1. The van der Waals surface area contributed by atoms with Crippen molar-refractivity contribution >= 4 is 17.7 Å². The number of carbonyl (C=O) groups is 1. The molecule has 0 saturated carbocycles. The number of nitrogens with one attached hydrogen (secondary N) is 1. The molecule has 2 heterocycles. The number of nitrogens with zero attached hydrogens (tertiary/aromatic N) is 4. The summed E-state index contributed by atoms with van der Waals surface area (Å²) in [4.78, 5) is 16.6. The summed E-state index contributed by atoms with van der Waals surface area (Å²) in [5, 5.41) is 12.6. The molecule has 2 aromatic heterocycles. The van der Waals surface area contributed by atoms with Gasteiger partial charge < -0.3 is 10.1 Å². The Morgan fingerprint density at radius 3 is 2.45 bits per heavy atom. The molecular weight excluding hydrogens is 434 g/mol. The number of rotatable bonds is 12. The summed E-state index contributed by atoms with van der Waals surface area (Å²) in [6.07, 6.45) is 6.75. The third-order valence-electron chi connectivity index (χ3n) is 5.14. The van der Waals surface area contributed by atoms with Crippen LogP contribution in [0.25, 0.3) is 17.1 Å². The summed E-state index contributed by atoms with van der Waals surface area (Å²) in [5.41, 5.74) is 1.81. The lowest BCUT2D eigenvalue weighted by Gasteiger charge is -2.15. The first-order valence-electron chi connectivity index (χ1n) is 11.5. The van der Waals surface area contributed by atoms with Gasteiger partial charge in [0.05, 0.1) is 12.4 Å². The van der Waals surface area contributed by atoms with Crippen molar-refractivity contribution < 1.29 is 9.53 Å². The normalized spacial score (nSPS) is 12.0. The van der Waals surface area contributed by atoms with Crippen LogP contribution in [0.2, 0.25) is 0 Å². The summed E-state index contributed by atoms with van der Waals surface area (Å²) in [6, 6.07) is 11.8. The maximum absolute atomic E-state index is 12.6. The summed E-state index contributed by atoms with van der Waals surface area (Å²) in [5.74, 6) is 2.47. The van der Waals surface area contributed by atoms with Gasteiger partial charge in [0.1, 0.15) is 5.75 Å². The van der Waals surface area contributed by atoms with E-state index in [1.54, 1.807) is 12.4 Å². The van der Waals surface area contributed by atoms with Crippen LogP contribution < -0.4 is 10.1 Å². The summed E-state index contributed by atoms with van der Waals surface area (Å²) < 4.78 is 7.54. The predicted molar refractivity (Wildman–Crippen MR) is 133 cm³/mol. The molecule has 176 valence electrons. The van der Waals surface area contributed by atoms with Crippen LogP contribution in [-0.4, -0.2) is 44.1 Å². The van der Waals surface area contributed by atoms with Gasteiger partial charge >= 0.3 is 0 Å². The number of aromatic nitrogens is 4. The minimum Gasteiger partial charge on any atom is -0.494 e. The number of ether oxygens (including phenoxy) is 1. The lowest BCUT2D eigenvalue weighted by molar-refractivity contribution is -0.119. The molecule has 0 fully saturated rings. The molecule has 0 aliphatic heterocycles. The zero-order valence-corrected chi connectivity index (χ0v) is 20.6. The van der Waals surface area contributed by atoms with Crippen molar-refractivity contribution in [3.05, 3.63) is 48.8 Å². The standard InChI is InChI=1S/C25H33N5O2S/c1-5-32-22-11-9-21(10-12-22)30-24(20-13-15-26-16-14-20)28-29-25(30)33-17-23(31)27-19(4)8-6-7-18(2)3/h9-16,18-19H,5-8,17H2,1-4H3,(H,27,31)/t19-/m0/s1. The first-order chi connectivity index (χ1) is 16.0. The molecule has 3 rings (SSSR count). The van der Waals surface area contributed by atoms with Gasteiger partial charge in [-0.1, -0.05) is 38.5 Å². The van der Waals surface area contributed by atoms with Gasteiger partial charge in [-0.2, -0.15) is 0 Å². The Morgan fingerprint density at radius 1 is 1.06 bits per heavy atom. The van der Waals surface area contributed by atoms with Crippen molar-refractivity contribution in [2.45, 2.75) is 58.2 Å². The highest BCUT2D eigenvalue weighted by atomic mass is 32.2. The van der Waals surface area contributed by atoms with Crippen LogP contribution >= 0.6 is 11.8 Å². The average Bonchev–Trinajstić information content (AvgIpc) is 3.23. The van der Waals surface area contributed by atoms with E-state index in [1.807, 2.05) is 47.9 Å². The molecule has 0 spiro atoms. The van der Waals surface area contributed by atoms with E-state index in [1.165, 1.54) is 18.2 Å². The Balaban J connectivity index is 1.74. The molecule has 0 aliphatic rings. The molecule has 1 amide bonds. The number of benzene rings is 1. The molecule has 0 aliphatic carbocycles. The van der Waals surface area contributed by atoms with Gasteiger partial charge in [-0.15, -0.1) is 10.2 Å². The molecule has 7 nitrogen and oxygen atoms in total. The van der Waals surface area contributed by atoms with Crippen LogP contribution in [0.4, 0.5) is 0 Å². The number of amides is 1. The summed E-state index contributed by atoms with van der Waals surface area (Å²) in [7, 11) is 0. The predicted octanol–water partition coefficient (Wildman–Crippen LogP) is 5.15. The number of hydrogen-bond acceptors (Lipinski definition) is 6.